The molecule has 6 heteroatoms. The third-order valence-electron chi connectivity index (χ3n) is 4.15. The number of carbonyl (C=O) groups excluding carboxylic acids is 2. The van der Waals surface area contributed by atoms with E-state index >= 15 is 0 Å². The predicted molar refractivity (Wildman–Crippen MR) is 99.7 cm³/mol. The van der Waals surface area contributed by atoms with Gasteiger partial charge in [0.25, 0.3) is 11.7 Å². The van der Waals surface area contributed by atoms with Crippen LogP contribution in [0.15, 0.2) is 71.2 Å². The summed E-state index contributed by atoms with van der Waals surface area (Å²) >= 11 is 3.31. The first-order chi connectivity index (χ1) is 12.4. The molecule has 0 bridgehead atoms. The van der Waals surface area contributed by atoms with E-state index in [1.165, 1.54) is 29.2 Å². The fraction of sp³-hybridized carbons (Fsp3) is 0.100. The maximum atomic E-state index is 13.7. The second-order valence-corrected chi connectivity index (χ2v) is 6.72. The van der Waals surface area contributed by atoms with Crippen LogP contribution in [0.1, 0.15) is 17.2 Å². The summed E-state index contributed by atoms with van der Waals surface area (Å²) < 4.78 is 14.5. The molecular weight excluding hydrogens is 401 g/mol. The minimum absolute atomic E-state index is 0.0650. The van der Waals surface area contributed by atoms with Gasteiger partial charge in [0.05, 0.1) is 11.6 Å². The van der Waals surface area contributed by atoms with Crippen LogP contribution in [0.2, 0.25) is 0 Å². The van der Waals surface area contributed by atoms with Gasteiger partial charge in [0.15, 0.2) is 0 Å². The number of benzene rings is 2. The zero-order valence-corrected chi connectivity index (χ0v) is 15.2. The van der Waals surface area contributed by atoms with Crippen LogP contribution in [0.25, 0.3) is 5.76 Å². The van der Waals surface area contributed by atoms with E-state index in [9.17, 15) is 19.1 Å². The summed E-state index contributed by atoms with van der Waals surface area (Å²) in [5, 5.41) is 10.7. The fourth-order valence-electron chi connectivity index (χ4n) is 2.99. The minimum Gasteiger partial charge on any atom is -0.507 e. The first-order valence-electron chi connectivity index (χ1n) is 7.84. The Hall–Kier alpha value is -2.73. The highest BCUT2D eigenvalue weighted by Gasteiger charge is 2.45. The van der Waals surface area contributed by atoms with E-state index in [1.807, 2.05) is 0 Å². The second kappa shape index (κ2) is 7.25. The molecule has 1 saturated heterocycles. The molecule has 1 atom stereocenters. The number of rotatable bonds is 4. The quantitative estimate of drug-likeness (QED) is 0.352. The summed E-state index contributed by atoms with van der Waals surface area (Å²) in [5.74, 6) is -2.34. The van der Waals surface area contributed by atoms with Gasteiger partial charge in [0, 0.05) is 16.6 Å². The van der Waals surface area contributed by atoms with Gasteiger partial charge in [-0.3, -0.25) is 9.59 Å². The molecule has 3 rings (SSSR count). The Balaban J connectivity index is 2.21. The summed E-state index contributed by atoms with van der Waals surface area (Å²) in [5.41, 5.74) is 0.737. The number of Topliss-reactive ketones (excluding diaryl/α,β-unsaturated/α-hetero) is 1. The van der Waals surface area contributed by atoms with Gasteiger partial charge >= 0.3 is 0 Å². The normalized spacial score (nSPS) is 19.0. The van der Waals surface area contributed by atoms with Gasteiger partial charge < -0.3 is 10.0 Å². The van der Waals surface area contributed by atoms with Gasteiger partial charge in [-0.1, -0.05) is 46.3 Å². The maximum Gasteiger partial charge on any atom is 0.295 e. The first kappa shape index (κ1) is 18.1. The standard InChI is InChI=1S/C20H15BrFNO3/c1-2-10-23-17(13-4-3-5-15(22)11-13)16(19(25)20(23)26)18(24)12-6-8-14(21)9-7-12/h2-9,11,17,24H,1,10H2. The highest BCUT2D eigenvalue weighted by molar-refractivity contribution is 9.10. The highest BCUT2D eigenvalue weighted by atomic mass is 79.9. The summed E-state index contributed by atoms with van der Waals surface area (Å²) in [7, 11) is 0. The molecule has 0 radical (unpaired) electrons. The van der Waals surface area contributed by atoms with Crippen LogP contribution in [-0.4, -0.2) is 28.2 Å². The molecule has 1 aliphatic heterocycles. The Morgan fingerprint density at radius 3 is 2.54 bits per heavy atom. The SMILES string of the molecule is C=CCN1C(=O)C(=O)C(=C(O)c2ccc(Br)cc2)C1c1cccc(F)c1. The monoisotopic (exact) mass is 415 g/mol. The van der Waals surface area contributed by atoms with Crippen LogP contribution in [-0.2, 0) is 9.59 Å². The molecule has 26 heavy (non-hydrogen) atoms. The van der Waals surface area contributed by atoms with E-state index < -0.39 is 23.5 Å². The number of amides is 1. The number of ketones is 1. The summed E-state index contributed by atoms with van der Waals surface area (Å²) in [6.07, 6.45) is 1.48. The average molecular weight is 416 g/mol. The Morgan fingerprint density at radius 1 is 1.23 bits per heavy atom. The molecule has 1 N–H and O–H groups in total. The van der Waals surface area contributed by atoms with Gasteiger partial charge in [-0.25, -0.2) is 4.39 Å². The molecule has 4 nitrogen and oxygen atoms in total. The van der Waals surface area contributed by atoms with Crippen molar-refractivity contribution >= 4 is 33.4 Å². The summed E-state index contributed by atoms with van der Waals surface area (Å²) in [4.78, 5) is 26.3. The van der Waals surface area contributed by atoms with Crippen molar-refractivity contribution in [1.29, 1.82) is 0 Å². The van der Waals surface area contributed by atoms with Gasteiger partial charge in [0.2, 0.25) is 0 Å². The van der Waals surface area contributed by atoms with E-state index in [0.717, 1.165) is 4.47 Å². The largest absolute Gasteiger partial charge is 0.507 e. The number of hydrogen-bond acceptors (Lipinski definition) is 3. The van der Waals surface area contributed by atoms with Crippen LogP contribution in [0.3, 0.4) is 0 Å². The maximum absolute atomic E-state index is 13.7. The van der Waals surface area contributed by atoms with Crippen LogP contribution >= 0.6 is 15.9 Å². The van der Waals surface area contributed by atoms with Crippen molar-refractivity contribution in [2.45, 2.75) is 6.04 Å². The number of carbonyl (C=O) groups is 2. The number of hydrogen-bond donors (Lipinski definition) is 1. The molecule has 1 aliphatic rings. The Bertz CT molecular complexity index is 921. The molecule has 0 aromatic heterocycles. The van der Waals surface area contributed by atoms with Crippen molar-refractivity contribution < 1.29 is 19.1 Å². The van der Waals surface area contributed by atoms with Crippen molar-refractivity contribution in [3.63, 3.8) is 0 Å². The van der Waals surface area contributed by atoms with Crippen LogP contribution in [0, 0.1) is 5.82 Å². The molecule has 1 fully saturated rings. The number of halogens is 2. The Kier molecular flexibility index (Phi) is 5.04. The van der Waals surface area contributed by atoms with E-state index in [0.29, 0.717) is 11.1 Å². The lowest BCUT2D eigenvalue weighted by Crippen LogP contribution is -2.29. The molecule has 2 aromatic rings. The van der Waals surface area contributed by atoms with Crippen LogP contribution in [0.5, 0.6) is 0 Å². The molecular formula is C20H15BrFNO3. The molecule has 1 unspecified atom stereocenters. The van der Waals surface area contributed by atoms with Gasteiger partial charge in [-0.05, 0) is 29.8 Å². The number of aliphatic hydroxyl groups is 1. The first-order valence-corrected chi connectivity index (χ1v) is 8.64. The Labute approximate surface area is 158 Å². The van der Waals surface area contributed by atoms with Crippen molar-refractivity contribution in [1.82, 2.24) is 4.90 Å². The lowest BCUT2D eigenvalue weighted by molar-refractivity contribution is -0.139. The van der Waals surface area contributed by atoms with Crippen molar-refractivity contribution in [2.24, 2.45) is 0 Å². The topological polar surface area (TPSA) is 57.6 Å². The van der Waals surface area contributed by atoms with Crippen LogP contribution in [0.4, 0.5) is 4.39 Å². The van der Waals surface area contributed by atoms with Gasteiger partial charge in [-0.2, -0.15) is 0 Å². The zero-order chi connectivity index (χ0) is 18.8. The molecule has 0 spiro atoms. The van der Waals surface area contributed by atoms with Gasteiger partial charge in [0.1, 0.15) is 11.6 Å². The molecule has 1 amide bonds. The second-order valence-electron chi connectivity index (χ2n) is 5.80. The molecule has 1 heterocycles. The smallest absolute Gasteiger partial charge is 0.295 e. The third kappa shape index (κ3) is 3.20. The number of likely N-dealkylation sites (tertiary alicyclic amines) is 1. The minimum atomic E-state index is -0.882. The van der Waals surface area contributed by atoms with Crippen molar-refractivity contribution in [2.75, 3.05) is 6.54 Å². The Morgan fingerprint density at radius 2 is 1.92 bits per heavy atom. The number of aliphatic hydroxyl groups excluding tert-OH is 1. The lowest BCUT2D eigenvalue weighted by Gasteiger charge is -2.24. The van der Waals surface area contributed by atoms with E-state index in [1.54, 1.807) is 30.3 Å². The van der Waals surface area contributed by atoms with Crippen molar-refractivity contribution in [3.05, 3.63) is 88.2 Å². The van der Waals surface area contributed by atoms with Crippen LogP contribution < -0.4 is 0 Å². The molecule has 132 valence electrons. The van der Waals surface area contributed by atoms with E-state index in [4.69, 9.17) is 0 Å². The average Bonchev–Trinajstić information content (AvgIpc) is 2.87. The lowest BCUT2D eigenvalue weighted by atomic mass is 9.95. The third-order valence-corrected chi connectivity index (χ3v) is 4.68. The predicted octanol–water partition coefficient (Wildman–Crippen LogP) is 4.20. The zero-order valence-electron chi connectivity index (χ0n) is 13.7. The molecule has 0 aliphatic carbocycles. The van der Waals surface area contributed by atoms with Gasteiger partial charge in [-0.15, -0.1) is 6.58 Å². The summed E-state index contributed by atoms with van der Waals surface area (Å²) in [6, 6.07) is 11.4. The fourth-order valence-corrected chi connectivity index (χ4v) is 3.26. The van der Waals surface area contributed by atoms with E-state index in [-0.39, 0.29) is 17.9 Å². The molecule has 0 saturated carbocycles. The van der Waals surface area contributed by atoms with E-state index in [2.05, 4.69) is 22.5 Å². The van der Waals surface area contributed by atoms with Crippen molar-refractivity contribution in [3.8, 4) is 0 Å². The molecule has 2 aromatic carbocycles. The highest BCUT2D eigenvalue weighted by Crippen LogP contribution is 2.39. The summed E-state index contributed by atoms with van der Waals surface area (Å²) in [6.45, 7) is 3.70. The number of nitrogens with zero attached hydrogens (tertiary/aromatic N) is 1.